The van der Waals surface area contributed by atoms with Crippen LogP contribution in [0, 0.1) is 0 Å². The Morgan fingerprint density at radius 1 is 1.38 bits per heavy atom. The summed E-state index contributed by atoms with van der Waals surface area (Å²) in [5.74, 6) is 0.523. The summed E-state index contributed by atoms with van der Waals surface area (Å²) in [7, 11) is 1.55. The monoisotopic (exact) mass is 332 g/mol. The molecule has 3 rings (SSSR count). The highest BCUT2D eigenvalue weighted by Gasteiger charge is 2.38. The molecule has 128 valence electrons. The van der Waals surface area contributed by atoms with Crippen molar-refractivity contribution < 1.29 is 23.8 Å². The molecule has 2 aromatic heterocycles. The molecule has 0 unspecified atom stereocenters. The van der Waals surface area contributed by atoms with Crippen molar-refractivity contribution in [2.45, 2.75) is 25.0 Å². The van der Waals surface area contributed by atoms with E-state index in [-0.39, 0.29) is 5.91 Å². The maximum Gasteiger partial charge on any atom is 0.255 e. The van der Waals surface area contributed by atoms with E-state index in [1.54, 1.807) is 25.4 Å². The zero-order valence-electron chi connectivity index (χ0n) is 13.4. The fraction of sp³-hybridized carbons (Fsp3) is 0.412. The summed E-state index contributed by atoms with van der Waals surface area (Å²) >= 11 is 0. The molecule has 0 aliphatic carbocycles. The van der Waals surface area contributed by atoms with E-state index in [0.29, 0.717) is 49.8 Å². The third-order valence-electron chi connectivity index (χ3n) is 4.11. The van der Waals surface area contributed by atoms with Gasteiger partial charge in [-0.25, -0.2) is 4.98 Å². The van der Waals surface area contributed by atoms with E-state index < -0.39 is 5.60 Å². The van der Waals surface area contributed by atoms with Crippen molar-refractivity contribution in [3.8, 4) is 5.88 Å². The standard InChI is InChI=1S/C17H20N2O5/c1-22-14-3-2-12(10-18-14)11-19-16(20)13-4-7-24-15(13)17(21)5-8-23-9-6-17/h2-4,7,10,21H,5-6,8-9,11H2,1H3,(H,19,20). The van der Waals surface area contributed by atoms with Crippen molar-refractivity contribution in [3.05, 3.63) is 47.5 Å². The van der Waals surface area contributed by atoms with E-state index in [9.17, 15) is 9.90 Å². The highest BCUT2D eigenvalue weighted by molar-refractivity contribution is 5.95. The lowest BCUT2D eigenvalue weighted by Gasteiger charge is -2.30. The number of nitrogens with zero attached hydrogens (tertiary/aromatic N) is 1. The fourth-order valence-corrected chi connectivity index (χ4v) is 2.70. The Labute approximate surface area is 139 Å². The first-order chi connectivity index (χ1) is 11.6. The summed E-state index contributed by atoms with van der Waals surface area (Å²) in [5.41, 5.74) is 0.0376. The quantitative estimate of drug-likeness (QED) is 0.864. The van der Waals surface area contributed by atoms with E-state index >= 15 is 0 Å². The third-order valence-corrected chi connectivity index (χ3v) is 4.11. The van der Waals surface area contributed by atoms with Crippen molar-refractivity contribution >= 4 is 5.91 Å². The molecule has 0 atom stereocenters. The van der Waals surface area contributed by atoms with Gasteiger partial charge >= 0.3 is 0 Å². The van der Waals surface area contributed by atoms with Gasteiger partial charge in [-0.2, -0.15) is 0 Å². The van der Waals surface area contributed by atoms with Gasteiger partial charge in [0.1, 0.15) is 11.4 Å². The van der Waals surface area contributed by atoms with E-state index in [1.807, 2.05) is 6.07 Å². The normalized spacial score (nSPS) is 16.6. The molecule has 1 amide bonds. The van der Waals surface area contributed by atoms with E-state index in [0.717, 1.165) is 5.56 Å². The number of amides is 1. The number of ether oxygens (including phenoxy) is 2. The highest BCUT2D eigenvalue weighted by Crippen LogP contribution is 2.34. The van der Waals surface area contributed by atoms with Crippen LogP contribution in [0.3, 0.4) is 0 Å². The SMILES string of the molecule is COc1ccc(CNC(=O)c2ccoc2C2(O)CCOCC2)cn1. The lowest BCUT2D eigenvalue weighted by molar-refractivity contribution is -0.0804. The van der Waals surface area contributed by atoms with Crippen molar-refractivity contribution in [1.29, 1.82) is 0 Å². The topological polar surface area (TPSA) is 93.8 Å². The Bertz CT molecular complexity index is 689. The molecule has 0 bridgehead atoms. The van der Waals surface area contributed by atoms with E-state index in [2.05, 4.69) is 10.3 Å². The van der Waals surface area contributed by atoms with Gasteiger partial charge in [-0.1, -0.05) is 6.07 Å². The second-order valence-corrected chi connectivity index (χ2v) is 5.70. The van der Waals surface area contributed by atoms with E-state index in [1.165, 1.54) is 6.26 Å². The van der Waals surface area contributed by atoms with Crippen molar-refractivity contribution in [3.63, 3.8) is 0 Å². The second-order valence-electron chi connectivity index (χ2n) is 5.70. The Kier molecular flexibility index (Phi) is 4.82. The summed E-state index contributed by atoms with van der Waals surface area (Å²) in [6.45, 7) is 1.20. The minimum atomic E-state index is -1.16. The number of carbonyl (C=O) groups is 1. The summed E-state index contributed by atoms with van der Waals surface area (Å²) < 4.78 is 15.7. The number of rotatable bonds is 5. The molecule has 2 N–H and O–H groups in total. The summed E-state index contributed by atoms with van der Waals surface area (Å²) in [4.78, 5) is 16.5. The minimum absolute atomic E-state index is 0.297. The van der Waals surface area contributed by atoms with Crippen LogP contribution in [-0.2, 0) is 16.9 Å². The molecule has 7 nitrogen and oxygen atoms in total. The number of hydrogen-bond donors (Lipinski definition) is 2. The smallest absolute Gasteiger partial charge is 0.255 e. The van der Waals surface area contributed by atoms with Crippen LogP contribution in [0.15, 0.2) is 35.1 Å². The molecule has 3 heterocycles. The van der Waals surface area contributed by atoms with Gasteiger partial charge in [0, 0.05) is 44.9 Å². The maximum absolute atomic E-state index is 12.4. The Balaban J connectivity index is 1.68. The number of furan rings is 1. The number of hydrogen-bond acceptors (Lipinski definition) is 6. The van der Waals surface area contributed by atoms with Crippen LogP contribution in [0.4, 0.5) is 0 Å². The van der Waals surface area contributed by atoms with Crippen molar-refractivity contribution in [2.75, 3.05) is 20.3 Å². The summed E-state index contributed by atoms with van der Waals surface area (Å²) in [5, 5.41) is 13.5. The third kappa shape index (κ3) is 3.42. The van der Waals surface area contributed by atoms with Crippen molar-refractivity contribution in [1.82, 2.24) is 10.3 Å². The number of methoxy groups -OCH3 is 1. The summed E-state index contributed by atoms with van der Waals surface area (Å²) in [6.07, 6.45) is 3.88. The number of pyridine rings is 1. The Hall–Kier alpha value is -2.38. The number of nitrogens with one attached hydrogen (secondary N) is 1. The molecule has 1 saturated heterocycles. The molecule has 0 aromatic carbocycles. The fourth-order valence-electron chi connectivity index (χ4n) is 2.70. The Morgan fingerprint density at radius 3 is 2.83 bits per heavy atom. The number of aliphatic hydroxyl groups is 1. The molecule has 24 heavy (non-hydrogen) atoms. The van der Waals surface area contributed by atoms with Crippen LogP contribution in [0.2, 0.25) is 0 Å². The lowest BCUT2D eigenvalue weighted by atomic mass is 9.89. The van der Waals surface area contributed by atoms with E-state index in [4.69, 9.17) is 13.9 Å². The molecule has 0 spiro atoms. The van der Waals surface area contributed by atoms with Crippen LogP contribution in [0.1, 0.15) is 34.5 Å². The molecule has 2 aromatic rings. The first-order valence-corrected chi connectivity index (χ1v) is 7.77. The Morgan fingerprint density at radius 2 is 2.17 bits per heavy atom. The summed E-state index contributed by atoms with van der Waals surface area (Å²) in [6, 6.07) is 5.13. The molecule has 0 saturated carbocycles. The van der Waals surface area contributed by atoms with Crippen LogP contribution in [0.25, 0.3) is 0 Å². The molecule has 7 heteroatoms. The first kappa shape index (κ1) is 16.5. The highest BCUT2D eigenvalue weighted by atomic mass is 16.5. The lowest BCUT2D eigenvalue weighted by Crippen LogP contribution is -2.35. The maximum atomic E-state index is 12.4. The van der Waals surface area contributed by atoms with Gasteiger partial charge in [0.05, 0.1) is 18.9 Å². The predicted octanol–water partition coefficient (Wildman–Crippen LogP) is 1.61. The van der Waals surface area contributed by atoms with Gasteiger partial charge in [0.15, 0.2) is 0 Å². The van der Waals surface area contributed by atoms with Crippen LogP contribution in [-0.4, -0.2) is 36.3 Å². The van der Waals surface area contributed by atoms with Crippen LogP contribution >= 0.6 is 0 Å². The van der Waals surface area contributed by atoms with Gasteiger partial charge in [-0.15, -0.1) is 0 Å². The van der Waals surface area contributed by atoms with Gasteiger partial charge < -0.3 is 24.3 Å². The van der Waals surface area contributed by atoms with Gasteiger partial charge in [-0.3, -0.25) is 4.79 Å². The van der Waals surface area contributed by atoms with Gasteiger partial charge in [0.25, 0.3) is 5.91 Å². The molecule has 1 aliphatic rings. The average Bonchev–Trinajstić information content (AvgIpc) is 3.11. The van der Waals surface area contributed by atoms with Crippen LogP contribution in [0.5, 0.6) is 5.88 Å². The first-order valence-electron chi connectivity index (χ1n) is 7.77. The molecular weight excluding hydrogens is 312 g/mol. The zero-order chi connectivity index (χ0) is 17.0. The van der Waals surface area contributed by atoms with Gasteiger partial charge in [0.2, 0.25) is 5.88 Å². The largest absolute Gasteiger partial charge is 0.481 e. The number of carbonyl (C=O) groups excluding carboxylic acids is 1. The minimum Gasteiger partial charge on any atom is -0.481 e. The average molecular weight is 332 g/mol. The molecule has 1 fully saturated rings. The second kappa shape index (κ2) is 7.02. The van der Waals surface area contributed by atoms with Gasteiger partial charge in [-0.05, 0) is 11.6 Å². The molecular formula is C17H20N2O5. The molecule has 1 aliphatic heterocycles. The van der Waals surface area contributed by atoms with Crippen LogP contribution < -0.4 is 10.1 Å². The molecule has 0 radical (unpaired) electrons. The van der Waals surface area contributed by atoms with Crippen molar-refractivity contribution in [2.24, 2.45) is 0 Å². The predicted molar refractivity (Wildman–Crippen MR) is 84.6 cm³/mol. The zero-order valence-corrected chi connectivity index (χ0v) is 13.4. The number of aromatic nitrogens is 1.